The zero-order valence-corrected chi connectivity index (χ0v) is 10.9. The van der Waals surface area contributed by atoms with E-state index in [0.717, 1.165) is 0 Å². The van der Waals surface area contributed by atoms with Crippen molar-refractivity contribution < 1.29 is 9.34 Å². The maximum absolute atomic E-state index is 10.4. The molecule has 13 heavy (non-hydrogen) atoms. The van der Waals surface area contributed by atoms with Gasteiger partial charge in [-0.1, -0.05) is 15.9 Å². The van der Waals surface area contributed by atoms with Crippen LogP contribution in [0, 0.1) is 10.1 Å². The highest BCUT2D eigenvalue weighted by molar-refractivity contribution is 9.12. The Kier molecular flexibility index (Phi) is 3.93. The van der Waals surface area contributed by atoms with E-state index in [1.807, 2.05) is 0 Å². The predicted octanol–water partition coefficient (Wildman–Crippen LogP) is 3.48. The smallest absolute Gasteiger partial charge is 0.285 e. The summed E-state index contributed by atoms with van der Waals surface area (Å²) in [6.07, 6.45) is 0. The van der Waals surface area contributed by atoms with Gasteiger partial charge < -0.3 is 4.42 Å². The first-order valence-corrected chi connectivity index (χ1v) is 5.81. The van der Waals surface area contributed by atoms with Crippen LogP contribution in [0.25, 0.3) is 0 Å². The van der Waals surface area contributed by atoms with Crippen molar-refractivity contribution in [3.05, 3.63) is 32.7 Å². The van der Waals surface area contributed by atoms with Gasteiger partial charge in [-0.2, -0.15) is 0 Å². The number of furan rings is 1. The third-order valence-corrected chi connectivity index (χ3v) is 4.26. The molecule has 0 aliphatic rings. The largest absolute Gasteiger partial charge is 0.453 e. The third kappa shape index (κ3) is 2.78. The summed E-state index contributed by atoms with van der Waals surface area (Å²) in [5.74, 6) is 0.505. The van der Waals surface area contributed by atoms with Gasteiger partial charge in [0.25, 0.3) is 4.95 Å². The first-order valence-electron chi connectivity index (χ1n) is 3.19. The molecule has 0 aromatic carbocycles. The number of rotatable bonds is 3. The molecule has 0 N–H and O–H groups in total. The molecule has 72 valence electrons. The minimum absolute atomic E-state index is 0.435. The first-order chi connectivity index (χ1) is 6.02. The lowest BCUT2D eigenvalue weighted by Gasteiger charge is -2.06. The van der Waals surface area contributed by atoms with Crippen LogP contribution >= 0.6 is 47.8 Å². The average molecular weight is 378 g/mol. The molecule has 0 aliphatic carbocycles. The molecule has 0 bridgehead atoms. The summed E-state index contributed by atoms with van der Waals surface area (Å²) in [7, 11) is 0. The van der Waals surface area contributed by atoms with Crippen molar-refractivity contribution >= 4 is 47.8 Å². The third-order valence-electron chi connectivity index (χ3n) is 1.31. The lowest BCUT2D eigenvalue weighted by Crippen LogP contribution is -2.16. The lowest BCUT2D eigenvalue weighted by molar-refractivity contribution is -0.492. The van der Waals surface area contributed by atoms with Crippen LogP contribution in [0.3, 0.4) is 0 Å². The Morgan fingerprint density at radius 2 is 2.08 bits per heavy atom. The molecule has 1 aromatic rings. The van der Waals surface area contributed by atoms with Crippen molar-refractivity contribution in [1.29, 1.82) is 0 Å². The monoisotopic (exact) mass is 375 g/mol. The molecule has 1 aromatic heterocycles. The Morgan fingerprint density at radius 1 is 1.46 bits per heavy atom. The van der Waals surface area contributed by atoms with Gasteiger partial charge >= 0.3 is 0 Å². The summed E-state index contributed by atoms with van der Waals surface area (Å²) in [4.78, 5) is 8.59. The molecule has 1 rings (SSSR count). The van der Waals surface area contributed by atoms with Crippen molar-refractivity contribution in [2.45, 2.75) is 9.78 Å². The summed E-state index contributed by atoms with van der Waals surface area (Å²) in [5.41, 5.74) is 0. The van der Waals surface area contributed by atoms with E-state index >= 15 is 0 Å². The molecular formula is C6H4Br3NO3. The second-order valence-electron chi connectivity index (χ2n) is 2.20. The van der Waals surface area contributed by atoms with Crippen molar-refractivity contribution in [2.24, 2.45) is 0 Å². The molecule has 0 radical (unpaired) electrons. The summed E-state index contributed by atoms with van der Waals surface area (Å²) in [6, 6.07) is 3.35. The molecule has 2 unspecified atom stereocenters. The summed E-state index contributed by atoms with van der Waals surface area (Å²) in [6.45, 7) is 0. The highest BCUT2D eigenvalue weighted by Gasteiger charge is 2.29. The van der Waals surface area contributed by atoms with Gasteiger partial charge in [0.05, 0.1) is 0 Å². The van der Waals surface area contributed by atoms with Crippen LogP contribution in [0.1, 0.15) is 10.6 Å². The molecular weight excluding hydrogens is 374 g/mol. The molecule has 0 amide bonds. The van der Waals surface area contributed by atoms with Gasteiger partial charge in [-0.05, 0) is 44.0 Å². The van der Waals surface area contributed by atoms with Crippen LogP contribution in [0.2, 0.25) is 0 Å². The van der Waals surface area contributed by atoms with Crippen LogP contribution < -0.4 is 0 Å². The Hall–Kier alpha value is 0.120. The van der Waals surface area contributed by atoms with Crippen LogP contribution in [-0.4, -0.2) is 9.87 Å². The fourth-order valence-electron chi connectivity index (χ4n) is 0.719. The van der Waals surface area contributed by atoms with Crippen molar-refractivity contribution in [2.75, 3.05) is 0 Å². The molecule has 7 heteroatoms. The summed E-state index contributed by atoms with van der Waals surface area (Å²) in [5, 5.41) is 10.4. The molecule has 2 atom stereocenters. The second-order valence-corrected chi connectivity index (χ2v) is 4.91. The van der Waals surface area contributed by atoms with E-state index < -0.39 is 14.7 Å². The number of hydrogen-bond acceptors (Lipinski definition) is 3. The Labute approximate surface area is 99.2 Å². The zero-order chi connectivity index (χ0) is 10.0. The van der Waals surface area contributed by atoms with E-state index in [2.05, 4.69) is 47.8 Å². The lowest BCUT2D eigenvalue weighted by atomic mass is 10.3. The summed E-state index contributed by atoms with van der Waals surface area (Å²) >= 11 is 9.21. The number of nitrogens with zero attached hydrogens (tertiary/aromatic N) is 1. The standard InChI is InChI=1S/C6H4Br3NO3/c7-4-2-1-3(13-4)5(8)6(9)10(11)12/h1-2,5-6H. The Morgan fingerprint density at radius 3 is 2.46 bits per heavy atom. The SMILES string of the molecule is O=[N+]([O-])C(Br)C(Br)c1ccc(Br)o1. The quantitative estimate of drug-likeness (QED) is 0.351. The fraction of sp³-hybridized carbons (Fsp3) is 0.333. The van der Waals surface area contributed by atoms with E-state index in [4.69, 9.17) is 4.42 Å². The van der Waals surface area contributed by atoms with Gasteiger partial charge in [-0.15, -0.1) is 0 Å². The van der Waals surface area contributed by atoms with Crippen LogP contribution in [0.4, 0.5) is 0 Å². The number of nitro groups is 1. The predicted molar refractivity (Wildman–Crippen MR) is 57.8 cm³/mol. The molecule has 0 aliphatic heterocycles. The van der Waals surface area contributed by atoms with Crippen molar-refractivity contribution in [3.8, 4) is 0 Å². The van der Waals surface area contributed by atoms with Gasteiger partial charge in [0.15, 0.2) is 9.50 Å². The minimum atomic E-state index is -0.898. The van der Waals surface area contributed by atoms with E-state index in [1.165, 1.54) is 0 Å². The summed E-state index contributed by atoms with van der Waals surface area (Å²) < 4.78 is 5.70. The van der Waals surface area contributed by atoms with E-state index in [0.29, 0.717) is 10.4 Å². The highest BCUT2D eigenvalue weighted by atomic mass is 79.9. The molecule has 0 saturated carbocycles. The highest BCUT2D eigenvalue weighted by Crippen LogP contribution is 2.33. The van der Waals surface area contributed by atoms with Gasteiger partial charge in [0.1, 0.15) is 5.76 Å². The van der Waals surface area contributed by atoms with E-state index in [-0.39, 0.29) is 0 Å². The maximum atomic E-state index is 10.4. The second kappa shape index (κ2) is 4.56. The molecule has 0 fully saturated rings. The Bertz CT molecular complexity index is 314. The Balaban J connectivity index is 2.78. The van der Waals surface area contributed by atoms with Gasteiger partial charge in [-0.3, -0.25) is 10.1 Å². The van der Waals surface area contributed by atoms with Crippen molar-refractivity contribution in [3.63, 3.8) is 0 Å². The number of hydrogen-bond donors (Lipinski definition) is 0. The fourth-order valence-corrected chi connectivity index (χ4v) is 1.74. The topological polar surface area (TPSA) is 56.3 Å². The average Bonchev–Trinajstić information content (AvgIpc) is 2.49. The molecule has 1 heterocycles. The van der Waals surface area contributed by atoms with E-state index in [9.17, 15) is 10.1 Å². The van der Waals surface area contributed by atoms with Crippen LogP contribution in [-0.2, 0) is 0 Å². The number of alkyl halides is 2. The number of halogens is 3. The van der Waals surface area contributed by atoms with Gasteiger partial charge in [0, 0.05) is 4.92 Å². The van der Waals surface area contributed by atoms with E-state index in [1.54, 1.807) is 12.1 Å². The minimum Gasteiger partial charge on any atom is -0.453 e. The van der Waals surface area contributed by atoms with Gasteiger partial charge in [-0.25, -0.2) is 0 Å². The molecule has 0 saturated heterocycles. The van der Waals surface area contributed by atoms with Gasteiger partial charge in [0.2, 0.25) is 0 Å². The van der Waals surface area contributed by atoms with Crippen LogP contribution in [0.15, 0.2) is 21.2 Å². The molecule has 4 nitrogen and oxygen atoms in total. The molecule has 0 spiro atoms. The van der Waals surface area contributed by atoms with Crippen molar-refractivity contribution in [1.82, 2.24) is 0 Å². The van der Waals surface area contributed by atoms with Crippen LogP contribution in [0.5, 0.6) is 0 Å². The normalized spacial score (nSPS) is 15.3. The zero-order valence-electron chi connectivity index (χ0n) is 6.12. The maximum Gasteiger partial charge on any atom is 0.285 e. The first kappa shape index (κ1) is 11.2.